The molecule has 17 heavy (non-hydrogen) atoms. The van der Waals surface area contributed by atoms with E-state index in [1.807, 2.05) is 0 Å². The van der Waals surface area contributed by atoms with E-state index in [0.717, 1.165) is 38.0 Å². The lowest BCUT2D eigenvalue weighted by Crippen LogP contribution is -2.54. The maximum atomic E-state index is 11.9. The second-order valence-electron chi connectivity index (χ2n) is 7.33. The number of hydrogen-bond donors (Lipinski definition) is 1. The van der Waals surface area contributed by atoms with Gasteiger partial charge in [-0.05, 0) is 54.8 Å². The highest BCUT2D eigenvalue weighted by atomic mass is 16.3. The fourth-order valence-electron chi connectivity index (χ4n) is 4.96. The second-order valence-corrected chi connectivity index (χ2v) is 7.33. The van der Waals surface area contributed by atoms with Crippen LogP contribution in [0.5, 0.6) is 0 Å². The van der Waals surface area contributed by atoms with Crippen LogP contribution in [0.1, 0.15) is 52.4 Å². The minimum absolute atomic E-state index is 0.147. The molecule has 0 spiro atoms. The molecule has 3 saturated carbocycles. The Morgan fingerprint density at radius 1 is 1.24 bits per heavy atom. The molecule has 96 valence electrons. The number of fused-ring (bicyclic) bond motifs is 4. The van der Waals surface area contributed by atoms with Gasteiger partial charge in [0.05, 0.1) is 0 Å². The van der Waals surface area contributed by atoms with Crippen LogP contribution >= 0.6 is 0 Å². The zero-order chi connectivity index (χ0) is 12.3. The lowest BCUT2D eigenvalue weighted by atomic mass is 9.46. The van der Waals surface area contributed by atoms with Gasteiger partial charge in [0.1, 0.15) is 5.78 Å². The number of hydrogen-bond acceptors (Lipinski definition) is 2. The van der Waals surface area contributed by atoms with Gasteiger partial charge in [0.2, 0.25) is 0 Å². The van der Waals surface area contributed by atoms with Gasteiger partial charge in [-0.15, -0.1) is 0 Å². The van der Waals surface area contributed by atoms with Crippen LogP contribution in [0.2, 0.25) is 0 Å². The number of aliphatic hydroxyl groups excluding tert-OH is 1. The lowest BCUT2D eigenvalue weighted by molar-refractivity contribution is -0.138. The van der Waals surface area contributed by atoms with Crippen LogP contribution in [0.4, 0.5) is 0 Å². The molecule has 2 nitrogen and oxygen atoms in total. The van der Waals surface area contributed by atoms with Crippen molar-refractivity contribution >= 4 is 5.78 Å². The van der Waals surface area contributed by atoms with E-state index in [9.17, 15) is 9.90 Å². The summed E-state index contributed by atoms with van der Waals surface area (Å²) in [5.74, 6) is 2.27. The Balaban J connectivity index is 1.88. The van der Waals surface area contributed by atoms with Crippen molar-refractivity contribution in [3.8, 4) is 0 Å². The van der Waals surface area contributed by atoms with Gasteiger partial charge >= 0.3 is 0 Å². The van der Waals surface area contributed by atoms with E-state index in [1.165, 1.54) is 6.42 Å². The van der Waals surface area contributed by atoms with Crippen LogP contribution in [-0.4, -0.2) is 17.5 Å². The Morgan fingerprint density at radius 2 is 2.00 bits per heavy atom. The van der Waals surface area contributed by atoms with E-state index in [-0.39, 0.29) is 5.41 Å². The summed E-state index contributed by atoms with van der Waals surface area (Å²) in [6.07, 6.45) is 6.42. The molecule has 0 aromatic carbocycles. The molecule has 0 saturated heterocycles. The Kier molecular flexibility index (Phi) is 2.46. The van der Waals surface area contributed by atoms with Gasteiger partial charge in [-0.1, -0.05) is 13.8 Å². The largest absolute Gasteiger partial charge is 0.396 e. The molecule has 3 aliphatic rings. The van der Waals surface area contributed by atoms with Crippen molar-refractivity contribution in [3.63, 3.8) is 0 Å². The van der Waals surface area contributed by atoms with Crippen LogP contribution < -0.4 is 0 Å². The van der Waals surface area contributed by atoms with Crippen LogP contribution in [-0.2, 0) is 4.79 Å². The molecule has 0 heterocycles. The standard InChI is InChI=1S/C15H24O2/c1-14-6-5-13(17)10(7-14)3-4-11-12(14)8-15(11,2)9-16/h10-12,16H,3-9H2,1-2H3/t10-,11+,12-,14-,15?/m0/s1. The van der Waals surface area contributed by atoms with Crippen molar-refractivity contribution in [2.45, 2.75) is 52.4 Å². The third-order valence-corrected chi connectivity index (χ3v) is 6.26. The first-order valence-electron chi connectivity index (χ1n) is 7.12. The van der Waals surface area contributed by atoms with Gasteiger partial charge in [0.15, 0.2) is 0 Å². The quantitative estimate of drug-likeness (QED) is 0.760. The van der Waals surface area contributed by atoms with Gasteiger partial charge in [0, 0.05) is 18.9 Å². The number of rotatable bonds is 1. The number of carbonyl (C=O) groups is 1. The van der Waals surface area contributed by atoms with Gasteiger partial charge < -0.3 is 5.11 Å². The average Bonchev–Trinajstić information content (AvgIpc) is 2.39. The number of ketones is 1. The summed E-state index contributed by atoms with van der Waals surface area (Å²) in [7, 11) is 0. The Bertz CT molecular complexity index is 351. The Labute approximate surface area is 104 Å². The van der Waals surface area contributed by atoms with Crippen molar-refractivity contribution in [2.75, 3.05) is 6.61 Å². The highest BCUT2D eigenvalue weighted by molar-refractivity contribution is 5.82. The molecule has 3 aliphatic carbocycles. The summed E-state index contributed by atoms with van der Waals surface area (Å²) in [5, 5.41) is 9.59. The van der Waals surface area contributed by atoms with Crippen molar-refractivity contribution < 1.29 is 9.90 Å². The van der Waals surface area contributed by atoms with Gasteiger partial charge in [-0.25, -0.2) is 0 Å². The van der Waals surface area contributed by atoms with E-state index in [2.05, 4.69) is 13.8 Å². The first-order chi connectivity index (χ1) is 7.98. The molecule has 0 aromatic heterocycles. The van der Waals surface area contributed by atoms with Crippen LogP contribution in [0.15, 0.2) is 0 Å². The molecule has 5 atom stereocenters. The van der Waals surface area contributed by atoms with Crippen molar-refractivity contribution in [3.05, 3.63) is 0 Å². The van der Waals surface area contributed by atoms with Crippen molar-refractivity contribution in [1.82, 2.24) is 0 Å². The molecule has 0 aromatic rings. The zero-order valence-corrected chi connectivity index (χ0v) is 11.0. The Hall–Kier alpha value is -0.370. The van der Waals surface area contributed by atoms with Crippen molar-refractivity contribution in [2.24, 2.45) is 28.6 Å². The van der Waals surface area contributed by atoms with Crippen molar-refractivity contribution in [1.29, 1.82) is 0 Å². The number of aliphatic hydroxyl groups is 1. The molecule has 1 unspecified atom stereocenters. The van der Waals surface area contributed by atoms with Crippen LogP contribution in [0.25, 0.3) is 0 Å². The van der Waals surface area contributed by atoms with E-state index in [0.29, 0.717) is 29.6 Å². The molecule has 3 fully saturated rings. The maximum Gasteiger partial charge on any atom is 0.136 e. The highest BCUT2D eigenvalue weighted by Gasteiger charge is 2.59. The van der Waals surface area contributed by atoms with Gasteiger partial charge in [-0.3, -0.25) is 4.79 Å². The summed E-state index contributed by atoms with van der Waals surface area (Å²) in [6, 6.07) is 0. The smallest absolute Gasteiger partial charge is 0.136 e. The zero-order valence-electron chi connectivity index (χ0n) is 11.0. The molecule has 3 rings (SSSR count). The lowest BCUT2D eigenvalue weighted by Gasteiger charge is -2.59. The SMILES string of the molecule is CC1(CO)C[C@H]2[C@H]1CC[C@H]1C[C@]2(C)CCC1=O. The second kappa shape index (κ2) is 3.57. The minimum Gasteiger partial charge on any atom is -0.396 e. The van der Waals surface area contributed by atoms with E-state index in [4.69, 9.17) is 0 Å². The maximum absolute atomic E-state index is 11.9. The molecule has 0 aliphatic heterocycles. The normalized spacial score (nSPS) is 53.6. The molecule has 1 N–H and O–H groups in total. The average molecular weight is 236 g/mol. The van der Waals surface area contributed by atoms with E-state index >= 15 is 0 Å². The fourth-order valence-corrected chi connectivity index (χ4v) is 4.96. The highest BCUT2D eigenvalue weighted by Crippen LogP contribution is 2.65. The summed E-state index contributed by atoms with van der Waals surface area (Å²) in [4.78, 5) is 11.9. The predicted molar refractivity (Wildman–Crippen MR) is 66.5 cm³/mol. The van der Waals surface area contributed by atoms with Gasteiger partial charge in [0.25, 0.3) is 0 Å². The van der Waals surface area contributed by atoms with Crippen LogP contribution in [0.3, 0.4) is 0 Å². The molecule has 2 bridgehead atoms. The topological polar surface area (TPSA) is 37.3 Å². The fraction of sp³-hybridized carbons (Fsp3) is 0.933. The van der Waals surface area contributed by atoms with E-state index < -0.39 is 0 Å². The predicted octanol–water partition coefficient (Wildman–Crippen LogP) is 2.79. The molecule has 0 radical (unpaired) electrons. The molecule has 0 amide bonds. The first-order valence-corrected chi connectivity index (χ1v) is 7.12. The third kappa shape index (κ3) is 1.53. The summed E-state index contributed by atoms with van der Waals surface area (Å²) >= 11 is 0. The van der Waals surface area contributed by atoms with E-state index in [1.54, 1.807) is 0 Å². The Morgan fingerprint density at radius 3 is 2.71 bits per heavy atom. The summed E-state index contributed by atoms with van der Waals surface area (Å²) < 4.78 is 0. The summed E-state index contributed by atoms with van der Waals surface area (Å²) in [6.45, 7) is 4.95. The minimum atomic E-state index is 0.147. The molecular weight excluding hydrogens is 212 g/mol. The number of Topliss-reactive ketones (excluding diaryl/α,β-unsaturated/α-hetero) is 1. The molecule has 2 heteroatoms. The van der Waals surface area contributed by atoms with Crippen LogP contribution in [0, 0.1) is 28.6 Å². The number of carbonyl (C=O) groups excluding carboxylic acids is 1. The third-order valence-electron chi connectivity index (χ3n) is 6.26. The molecular formula is C15H24O2. The van der Waals surface area contributed by atoms with Gasteiger partial charge in [-0.2, -0.15) is 0 Å². The summed E-state index contributed by atoms with van der Waals surface area (Å²) in [5.41, 5.74) is 0.530. The first kappa shape index (κ1) is 11.7. The monoisotopic (exact) mass is 236 g/mol.